The van der Waals surface area contributed by atoms with Gasteiger partial charge in [-0.05, 0) is 80.5 Å². The van der Waals surface area contributed by atoms with Gasteiger partial charge in [0, 0.05) is 112 Å². The summed E-state index contributed by atoms with van der Waals surface area (Å²) in [7, 11) is 5.08. The number of carbonyl (C=O) groups excluding carboxylic acids is 4. The molecule has 2 aromatic carbocycles. The van der Waals surface area contributed by atoms with Gasteiger partial charge in [0.15, 0.2) is 6.29 Å². The van der Waals surface area contributed by atoms with Gasteiger partial charge in [-0.15, -0.1) is 0 Å². The first-order chi connectivity index (χ1) is 28.8. The number of aromatic nitrogens is 3. The Morgan fingerprint density at radius 2 is 1.71 bits per heavy atom. The number of amides is 2. The molecule has 2 N–H and O–H groups in total. The molecule has 3 aromatic heterocycles. The first kappa shape index (κ1) is 42.9. The zero-order valence-corrected chi connectivity index (χ0v) is 34.3. The Kier molecular flexibility index (Phi) is 15.2. The van der Waals surface area contributed by atoms with Crippen molar-refractivity contribution in [3.05, 3.63) is 84.3 Å². The molecule has 2 fully saturated rings. The summed E-state index contributed by atoms with van der Waals surface area (Å²) >= 11 is 0. The average Bonchev–Trinajstić information content (AvgIpc) is 3.52. The number of aliphatic hydroxyl groups is 1. The van der Waals surface area contributed by atoms with Gasteiger partial charge in [-0.25, -0.2) is 4.98 Å². The lowest BCUT2D eigenvalue weighted by Gasteiger charge is -2.41. The molecule has 1 saturated carbocycles. The van der Waals surface area contributed by atoms with Crippen molar-refractivity contribution >= 4 is 51.9 Å². The van der Waals surface area contributed by atoms with Crippen LogP contribution in [0.1, 0.15) is 84.9 Å². The SMILES string of the molecule is CNC(=O)C(CCC=O)N(C)C(=O)c1cc(N2CC(OCCCCCCCO)C2)ccc1C=O.Cn1c2ccncc2c2ccc(-c3ccc(OC4CCC4)nc3)cc21. The van der Waals surface area contributed by atoms with Crippen molar-refractivity contribution in [3.8, 4) is 17.0 Å². The van der Waals surface area contributed by atoms with Crippen molar-refractivity contribution in [2.75, 3.05) is 45.3 Å². The number of aryl methyl sites for hydroxylation is 1. The van der Waals surface area contributed by atoms with Gasteiger partial charge < -0.3 is 39.1 Å². The van der Waals surface area contributed by atoms with E-state index in [9.17, 15) is 19.2 Å². The fourth-order valence-corrected chi connectivity index (χ4v) is 7.52. The summed E-state index contributed by atoms with van der Waals surface area (Å²) in [5.74, 6) is -0.0826. The number of nitrogens with one attached hydrogen (secondary N) is 1. The lowest BCUT2D eigenvalue weighted by molar-refractivity contribution is -0.125. The third-order valence-electron chi connectivity index (χ3n) is 11.4. The molecule has 13 nitrogen and oxygen atoms in total. The van der Waals surface area contributed by atoms with Crippen molar-refractivity contribution in [1.82, 2.24) is 24.8 Å². The van der Waals surface area contributed by atoms with Crippen LogP contribution < -0.4 is 15.0 Å². The number of benzene rings is 2. The molecule has 0 bridgehead atoms. The van der Waals surface area contributed by atoms with Crippen LogP contribution in [0.3, 0.4) is 0 Å². The van der Waals surface area contributed by atoms with Crippen LogP contribution in [0.2, 0.25) is 0 Å². The highest BCUT2D eigenvalue weighted by atomic mass is 16.5. The number of fused-ring (bicyclic) bond motifs is 3. The van der Waals surface area contributed by atoms with Crippen LogP contribution in [-0.4, -0.2) is 108 Å². The monoisotopic (exact) mass is 804 g/mol. The van der Waals surface area contributed by atoms with Crippen molar-refractivity contribution in [1.29, 1.82) is 0 Å². The Hall–Kier alpha value is -5.66. The predicted octanol–water partition coefficient (Wildman–Crippen LogP) is 6.53. The van der Waals surface area contributed by atoms with Crippen molar-refractivity contribution in [2.24, 2.45) is 7.05 Å². The predicted molar refractivity (Wildman–Crippen MR) is 229 cm³/mol. The molecule has 5 aromatic rings. The minimum atomic E-state index is -0.809. The number of anilines is 1. The van der Waals surface area contributed by atoms with Gasteiger partial charge in [0.05, 0.1) is 17.2 Å². The van der Waals surface area contributed by atoms with Crippen LogP contribution >= 0.6 is 0 Å². The van der Waals surface area contributed by atoms with Crippen LogP contribution in [-0.2, 0) is 21.4 Å². The summed E-state index contributed by atoms with van der Waals surface area (Å²) < 4.78 is 14.0. The number of nitrogens with zero attached hydrogens (tertiary/aromatic N) is 5. The highest BCUT2D eigenvalue weighted by Crippen LogP contribution is 2.32. The second-order valence-corrected chi connectivity index (χ2v) is 15.3. The van der Waals surface area contributed by atoms with Crippen LogP contribution in [0.25, 0.3) is 32.9 Å². The van der Waals surface area contributed by atoms with Crippen LogP contribution in [0.4, 0.5) is 5.69 Å². The van der Waals surface area contributed by atoms with Gasteiger partial charge in [0.1, 0.15) is 18.4 Å². The molecule has 59 heavy (non-hydrogen) atoms. The molecule has 4 heterocycles. The highest BCUT2D eigenvalue weighted by Gasteiger charge is 2.31. The number of aldehydes is 2. The van der Waals surface area contributed by atoms with E-state index in [0.29, 0.717) is 38.4 Å². The molecule has 1 aliphatic carbocycles. The van der Waals surface area contributed by atoms with Crippen LogP contribution in [0.5, 0.6) is 5.88 Å². The number of aliphatic hydroxyl groups excluding tert-OH is 1. The van der Waals surface area contributed by atoms with E-state index in [-0.39, 0.29) is 42.6 Å². The van der Waals surface area contributed by atoms with E-state index in [4.69, 9.17) is 14.6 Å². The molecule has 1 atom stereocenters. The van der Waals surface area contributed by atoms with Crippen molar-refractivity contribution in [3.63, 3.8) is 0 Å². The highest BCUT2D eigenvalue weighted by molar-refractivity contribution is 6.08. The van der Waals surface area contributed by atoms with E-state index in [1.54, 1.807) is 18.2 Å². The molecule has 2 amide bonds. The van der Waals surface area contributed by atoms with Gasteiger partial charge in [-0.1, -0.05) is 31.4 Å². The maximum absolute atomic E-state index is 13.2. The number of rotatable bonds is 19. The molecule has 13 heteroatoms. The molecule has 1 unspecified atom stereocenters. The summed E-state index contributed by atoms with van der Waals surface area (Å²) in [5.41, 5.74) is 5.96. The lowest BCUT2D eigenvalue weighted by atomic mass is 9.96. The van der Waals surface area contributed by atoms with Gasteiger partial charge in [0.2, 0.25) is 11.8 Å². The molecule has 7 rings (SSSR count). The first-order valence-corrected chi connectivity index (χ1v) is 20.7. The van der Waals surface area contributed by atoms with Crippen molar-refractivity contribution in [2.45, 2.75) is 82.5 Å². The Morgan fingerprint density at radius 1 is 0.932 bits per heavy atom. The van der Waals surface area contributed by atoms with Gasteiger partial charge in [-0.2, -0.15) is 0 Å². The average molecular weight is 805 g/mol. The lowest BCUT2D eigenvalue weighted by Crippen LogP contribution is -2.52. The Balaban J connectivity index is 0.000000206. The van der Waals surface area contributed by atoms with Crippen molar-refractivity contribution < 1.29 is 33.8 Å². The van der Waals surface area contributed by atoms with E-state index in [0.717, 1.165) is 67.6 Å². The quantitative estimate of drug-likeness (QED) is 0.0695. The Morgan fingerprint density at radius 3 is 2.41 bits per heavy atom. The minimum absolute atomic E-state index is 0.131. The molecule has 1 saturated heterocycles. The molecular weight excluding hydrogens is 749 g/mol. The molecule has 0 radical (unpaired) electrons. The third-order valence-corrected chi connectivity index (χ3v) is 11.4. The fourth-order valence-electron chi connectivity index (χ4n) is 7.52. The number of unbranched alkanes of at least 4 members (excludes halogenated alkanes) is 4. The summed E-state index contributed by atoms with van der Waals surface area (Å²) in [6.07, 6.45) is 16.5. The zero-order chi connectivity index (χ0) is 41.7. The van der Waals surface area contributed by atoms with E-state index in [2.05, 4.69) is 62.1 Å². The summed E-state index contributed by atoms with van der Waals surface area (Å²) in [6.45, 7) is 2.36. The molecule has 312 valence electrons. The topological polar surface area (TPSA) is 156 Å². The van der Waals surface area contributed by atoms with Gasteiger partial charge >= 0.3 is 0 Å². The van der Waals surface area contributed by atoms with E-state index >= 15 is 0 Å². The Labute approximate surface area is 345 Å². The second kappa shape index (κ2) is 20.9. The number of ether oxygens (including phenoxy) is 2. The summed E-state index contributed by atoms with van der Waals surface area (Å²) in [6, 6.07) is 17.0. The fraction of sp³-hybridized carbons (Fsp3) is 0.435. The minimum Gasteiger partial charge on any atom is -0.474 e. The third kappa shape index (κ3) is 10.5. The van der Waals surface area contributed by atoms with E-state index < -0.39 is 11.9 Å². The molecule has 2 aliphatic rings. The number of likely N-dealkylation sites (N-methyl/N-ethyl adjacent to an activating group) is 2. The molecule has 0 spiro atoms. The normalized spacial score (nSPS) is 14.5. The number of hydrogen-bond acceptors (Lipinski definition) is 10. The maximum atomic E-state index is 13.2. The largest absolute Gasteiger partial charge is 0.474 e. The Bertz CT molecular complexity index is 2200. The standard InChI is InChI=1S/C25H37N3O6.C21H19N3O/c1-26-24(32)23(9-8-13-30)27(2)25(33)22-15-20(11-10-19(22)18-31)28-16-21(17-28)34-14-7-5-3-4-6-12-29;1-24-19-9-10-22-13-18(19)17-7-5-14(11-20(17)24)15-6-8-21(23-12-15)25-16-3-2-4-16/h10-11,13,15,18,21,23,29H,3-9,12,14,16-17H2,1-2H3,(H,26,32);5-13,16H,2-4H2,1H3. The maximum Gasteiger partial charge on any atom is 0.255 e. The summed E-state index contributed by atoms with van der Waals surface area (Å²) in [5, 5.41) is 13.7. The molecule has 1 aliphatic heterocycles. The van der Waals surface area contributed by atoms with Crippen LogP contribution in [0, 0.1) is 0 Å². The van der Waals surface area contributed by atoms with E-state index in [1.807, 2.05) is 24.7 Å². The van der Waals surface area contributed by atoms with E-state index in [1.165, 1.54) is 47.2 Å². The number of pyridine rings is 2. The second-order valence-electron chi connectivity index (χ2n) is 15.3. The zero-order valence-electron chi connectivity index (χ0n) is 34.3. The number of carbonyl (C=O) groups is 4. The van der Waals surface area contributed by atoms with Gasteiger partial charge in [0.25, 0.3) is 5.91 Å². The number of hydrogen-bond donors (Lipinski definition) is 2. The molecular formula is C46H56N6O7. The van der Waals surface area contributed by atoms with Crippen LogP contribution in [0.15, 0.2) is 73.2 Å². The summed E-state index contributed by atoms with van der Waals surface area (Å²) in [4.78, 5) is 60.0. The van der Waals surface area contributed by atoms with Gasteiger partial charge in [-0.3, -0.25) is 19.4 Å². The smallest absolute Gasteiger partial charge is 0.255 e. The first-order valence-electron chi connectivity index (χ1n) is 20.7.